The van der Waals surface area contributed by atoms with Crippen LogP contribution in [-0.4, -0.2) is 32.8 Å². The average molecular weight is 406 g/mol. The molecular formula is C23H23FN4O2. The Morgan fingerprint density at radius 3 is 2.80 bits per heavy atom. The molecule has 1 atom stereocenters. The number of halogens is 1. The van der Waals surface area contributed by atoms with E-state index in [1.54, 1.807) is 34.0 Å². The molecule has 154 valence electrons. The number of fused-ring (bicyclic) bond motifs is 1. The Bertz CT molecular complexity index is 1060. The molecule has 0 radical (unpaired) electrons. The van der Waals surface area contributed by atoms with Crippen LogP contribution in [0.2, 0.25) is 0 Å². The minimum Gasteiger partial charge on any atom is -0.352 e. The molecule has 1 aromatic heterocycles. The smallest absolute Gasteiger partial charge is 0.222 e. The van der Waals surface area contributed by atoms with Crippen molar-refractivity contribution in [3.63, 3.8) is 0 Å². The van der Waals surface area contributed by atoms with E-state index in [9.17, 15) is 14.0 Å². The lowest BCUT2D eigenvalue weighted by Gasteiger charge is -2.36. The molecule has 0 saturated carbocycles. The summed E-state index contributed by atoms with van der Waals surface area (Å²) in [5, 5.41) is 2.86. The van der Waals surface area contributed by atoms with Gasteiger partial charge in [-0.15, -0.1) is 0 Å². The normalized spacial score (nSPS) is 15.5. The van der Waals surface area contributed by atoms with Crippen molar-refractivity contribution in [3.05, 3.63) is 83.7 Å². The number of hydrogen-bond acceptors (Lipinski definition) is 3. The van der Waals surface area contributed by atoms with Gasteiger partial charge in [-0.3, -0.25) is 9.59 Å². The summed E-state index contributed by atoms with van der Waals surface area (Å²) >= 11 is 0. The van der Waals surface area contributed by atoms with E-state index in [2.05, 4.69) is 10.3 Å². The SMILES string of the molecule is CC(=O)N1CCc2ccccc2C1CC(=O)NCc1ccc(-n2ccnc2)c(F)c1. The van der Waals surface area contributed by atoms with Crippen molar-refractivity contribution >= 4 is 11.8 Å². The van der Waals surface area contributed by atoms with Crippen LogP contribution < -0.4 is 5.32 Å². The van der Waals surface area contributed by atoms with Gasteiger partial charge in [0, 0.05) is 32.4 Å². The van der Waals surface area contributed by atoms with Crippen molar-refractivity contribution in [2.75, 3.05) is 6.54 Å². The summed E-state index contributed by atoms with van der Waals surface area (Å²) in [6, 6.07) is 12.5. The molecule has 6 nitrogen and oxygen atoms in total. The lowest BCUT2D eigenvalue weighted by Crippen LogP contribution is -2.41. The van der Waals surface area contributed by atoms with Gasteiger partial charge in [-0.2, -0.15) is 0 Å². The van der Waals surface area contributed by atoms with Crippen LogP contribution in [-0.2, 0) is 22.6 Å². The first-order valence-electron chi connectivity index (χ1n) is 9.91. The first-order valence-corrected chi connectivity index (χ1v) is 9.91. The zero-order valence-corrected chi connectivity index (χ0v) is 16.7. The lowest BCUT2D eigenvalue weighted by atomic mass is 9.90. The predicted molar refractivity (Wildman–Crippen MR) is 110 cm³/mol. The lowest BCUT2D eigenvalue weighted by molar-refractivity contribution is -0.133. The van der Waals surface area contributed by atoms with Crippen LogP contribution in [0, 0.1) is 5.82 Å². The fraction of sp³-hybridized carbons (Fsp3) is 0.261. The summed E-state index contributed by atoms with van der Waals surface area (Å²) in [5.74, 6) is -0.606. The van der Waals surface area contributed by atoms with E-state index < -0.39 is 0 Å². The quantitative estimate of drug-likeness (QED) is 0.708. The van der Waals surface area contributed by atoms with Gasteiger partial charge in [-0.1, -0.05) is 30.3 Å². The Morgan fingerprint density at radius 1 is 1.23 bits per heavy atom. The summed E-state index contributed by atoms with van der Waals surface area (Å²) in [6.07, 6.45) is 5.75. The Morgan fingerprint density at radius 2 is 2.07 bits per heavy atom. The van der Waals surface area contributed by atoms with Gasteiger partial charge in [-0.25, -0.2) is 9.37 Å². The molecule has 3 aromatic rings. The number of benzene rings is 2. The molecule has 1 unspecified atom stereocenters. The monoisotopic (exact) mass is 406 g/mol. The van der Waals surface area contributed by atoms with Gasteiger partial charge < -0.3 is 14.8 Å². The molecule has 1 N–H and O–H groups in total. The number of amides is 2. The minimum atomic E-state index is -0.385. The molecule has 1 aliphatic heterocycles. The van der Waals surface area contributed by atoms with Gasteiger partial charge in [0.15, 0.2) is 0 Å². The molecule has 0 aliphatic carbocycles. The van der Waals surface area contributed by atoms with Gasteiger partial charge in [0.1, 0.15) is 5.82 Å². The van der Waals surface area contributed by atoms with Crippen LogP contribution in [0.5, 0.6) is 0 Å². The number of imidazole rings is 1. The standard InChI is InChI=1S/C23H23FN4O2/c1-16(29)28-10-8-18-4-2-3-5-19(18)22(28)13-23(30)26-14-17-6-7-21(20(24)12-17)27-11-9-25-15-27/h2-7,9,11-12,15,22H,8,10,13-14H2,1H3,(H,26,30). The number of carbonyl (C=O) groups is 2. The largest absolute Gasteiger partial charge is 0.352 e. The third-order valence-electron chi connectivity index (χ3n) is 5.48. The Kier molecular flexibility index (Phi) is 5.61. The van der Waals surface area contributed by atoms with Crippen LogP contribution >= 0.6 is 0 Å². The van der Waals surface area contributed by atoms with Crippen LogP contribution in [0.1, 0.15) is 36.1 Å². The highest BCUT2D eigenvalue weighted by Gasteiger charge is 2.30. The average Bonchev–Trinajstić information content (AvgIpc) is 3.27. The Hall–Kier alpha value is -3.48. The van der Waals surface area contributed by atoms with E-state index >= 15 is 0 Å². The van der Waals surface area contributed by atoms with E-state index in [0.717, 1.165) is 12.0 Å². The molecular weight excluding hydrogens is 383 g/mol. The number of rotatable bonds is 5. The second-order valence-electron chi connectivity index (χ2n) is 7.41. The molecule has 7 heteroatoms. The summed E-state index contributed by atoms with van der Waals surface area (Å²) in [7, 11) is 0. The molecule has 0 fully saturated rings. The Balaban J connectivity index is 1.43. The van der Waals surface area contributed by atoms with Gasteiger partial charge in [0.05, 0.1) is 24.5 Å². The first kappa shape index (κ1) is 19.8. The highest BCUT2D eigenvalue weighted by atomic mass is 19.1. The van der Waals surface area contributed by atoms with Crippen molar-refractivity contribution in [1.82, 2.24) is 19.8 Å². The Labute approximate surface area is 174 Å². The van der Waals surface area contributed by atoms with Crippen molar-refractivity contribution in [2.45, 2.75) is 32.4 Å². The molecule has 0 spiro atoms. The maximum Gasteiger partial charge on any atom is 0.222 e. The fourth-order valence-electron chi connectivity index (χ4n) is 3.97. The van der Waals surface area contributed by atoms with E-state index in [4.69, 9.17) is 0 Å². The number of hydrogen-bond donors (Lipinski definition) is 1. The summed E-state index contributed by atoms with van der Waals surface area (Å²) in [6.45, 7) is 2.35. The predicted octanol–water partition coefficient (Wildman–Crippen LogP) is 3.16. The fourth-order valence-corrected chi connectivity index (χ4v) is 3.97. The van der Waals surface area contributed by atoms with Crippen LogP contribution in [0.15, 0.2) is 61.2 Å². The van der Waals surface area contributed by atoms with Crippen LogP contribution in [0.3, 0.4) is 0 Å². The van der Waals surface area contributed by atoms with Crippen molar-refractivity contribution < 1.29 is 14.0 Å². The van der Waals surface area contributed by atoms with E-state index in [1.807, 2.05) is 24.3 Å². The molecule has 1 aliphatic rings. The van der Waals surface area contributed by atoms with Crippen LogP contribution in [0.25, 0.3) is 5.69 Å². The third-order valence-corrected chi connectivity index (χ3v) is 5.48. The molecule has 2 amide bonds. The second-order valence-corrected chi connectivity index (χ2v) is 7.41. The zero-order valence-electron chi connectivity index (χ0n) is 16.7. The van der Waals surface area contributed by atoms with Gasteiger partial charge in [0.25, 0.3) is 0 Å². The number of nitrogens with one attached hydrogen (secondary N) is 1. The minimum absolute atomic E-state index is 0.0422. The van der Waals surface area contributed by atoms with E-state index in [0.29, 0.717) is 17.8 Å². The highest BCUT2D eigenvalue weighted by Crippen LogP contribution is 2.32. The van der Waals surface area contributed by atoms with Crippen molar-refractivity contribution in [3.8, 4) is 5.69 Å². The number of carbonyl (C=O) groups excluding carboxylic acids is 2. The van der Waals surface area contributed by atoms with Gasteiger partial charge in [-0.05, 0) is 35.2 Å². The molecule has 2 aromatic carbocycles. The number of aromatic nitrogens is 2. The van der Waals surface area contributed by atoms with Crippen molar-refractivity contribution in [2.24, 2.45) is 0 Å². The third kappa shape index (κ3) is 4.10. The zero-order chi connectivity index (χ0) is 21.1. The molecule has 30 heavy (non-hydrogen) atoms. The maximum atomic E-state index is 14.4. The van der Waals surface area contributed by atoms with Crippen LogP contribution in [0.4, 0.5) is 4.39 Å². The molecule has 0 bridgehead atoms. The second kappa shape index (κ2) is 8.49. The van der Waals surface area contributed by atoms with E-state index in [-0.39, 0.29) is 36.6 Å². The molecule has 4 rings (SSSR count). The summed E-state index contributed by atoms with van der Waals surface area (Å²) < 4.78 is 16.0. The van der Waals surface area contributed by atoms with Crippen molar-refractivity contribution in [1.29, 1.82) is 0 Å². The van der Waals surface area contributed by atoms with Gasteiger partial charge in [0.2, 0.25) is 11.8 Å². The highest BCUT2D eigenvalue weighted by molar-refractivity contribution is 5.79. The number of nitrogens with zero attached hydrogens (tertiary/aromatic N) is 3. The maximum absolute atomic E-state index is 14.4. The molecule has 2 heterocycles. The summed E-state index contributed by atoms with van der Waals surface area (Å²) in [4.78, 5) is 30.4. The topological polar surface area (TPSA) is 67.2 Å². The first-order chi connectivity index (χ1) is 14.5. The van der Waals surface area contributed by atoms with Gasteiger partial charge >= 0.3 is 0 Å². The van der Waals surface area contributed by atoms with E-state index in [1.165, 1.54) is 24.9 Å². The molecule has 0 saturated heterocycles. The summed E-state index contributed by atoms with van der Waals surface area (Å²) in [5.41, 5.74) is 3.26.